The summed E-state index contributed by atoms with van der Waals surface area (Å²) in [5.74, 6) is -4.26. The van der Waals surface area contributed by atoms with Crippen molar-refractivity contribution < 1.29 is 30.6 Å². The third kappa shape index (κ3) is 1.13. The fourth-order valence-corrected chi connectivity index (χ4v) is 1.52. The van der Waals surface area contributed by atoms with Crippen LogP contribution in [-0.2, 0) is 0 Å². The summed E-state index contributed by atoms with van der Waals surface area (Å²) in [5.41, 5.74) is 0. The lowest BCUT2D eigenvalue weighted by Gasteiger charge is -2.10. The van der Waals surface area contributed by atoms with E-state index < -0.39 is 28.7 Å². The first-order chi connectivity index (χ1) is 7.43. The molecule has 0 atom stereocenters. The second kappa shape index (κ2) is 2.99. The van der Waals surface area contributed by atoms with E-state index in [4.69, 9.17) is 0 Å². The first-order valence-electron chi connectivity index (χ1n) is 4.25. The summed E-state index contributed by atoms with van der Waals surface area (Å²) in [6.45, 7) is 0. The van der Waals surface area contributed by atoms with Crippen LogP contribution in [0.4, 0.5) is 0 Å². The molecule has 2 aromatic carbocycles. The third-order valence-corrected chi connectivity index (χ3v) is 2.27. The van der Waals surface area contributed by atoms with Crippen LogP contribution in [0.2, 0.25) is 0 Å². The number of hydrogen-bond donors (Lipinski definition) is 6. The molecule has 0 saturated carbocycles. The zero-order chi connectivity index (χ0) is 12.0. The first kappa shape index (κ1) is 10.0. The van der Waals surface area contributed by atoms with Crippen molar-refractivity contribution in [1.29, 1.82) is 0 Å². The average Bonchev–Trinajstić information content (AvgIpc) is 2.22. The van der Waals surface area contributed by atoms with Crippen LogP contribution in [0.1, 0.15) is 0 Å². The summed E-state index contributed by atoms with van der Waals surface area (Å²) in [6.07, 6.45) is 0. The topological polar surface area (TPSA) is 121 Å². The molecule has 0 spiro atoms. The van der Waals surface area contributed by atoms with Crippen molar-refractivity contribution in [1.82, 2.24) is 0 Å². The van der Waals surface area contributed by atoms with E-state index in [0.717, 1.165) is 12.1 Å². The minimum absolute atomic E-state index is 0.176. The highest BCUT2D eigenvalue weighted by atomic mass is 16.3. The van der Waals surface area contributed by atoms with Crippen LogP contribution in [0, 0.1) is 0 Å². The minimum Gasteiger partial charge on any atom is -0.508 e. The van der Waals surface area contributed by atoms with Gasteiger partial charge in [-0.2, -0.15) is 0 Å². The van der Waals surface area contributed by atoms with E-state index in [1.807, 2.05) is 0 Å². The molecule has 0 aliphatic heterocycles. The zero-order valence-corrected chi connectivity index (χ0v) is 7.84. The van der Waals surface area contributed by atoms with Crippen molar-refractivity contribution in [2.75, 3.05) is 0 Å². The molecular weight excluding hydrogens is 216 g/mol. The Labute approximate surface area is 88.9 Å². The molecule has 0 saturated heterocycles. The summed E-state index contributed by atoms with van der Waals surface area (Å²) in [4.78, 5) is 0. The summed E-state index contributed by atoms with van der Waals surface area (Å²) in [7, 11) is 0. The van der Waals surface area contributed by atoms with Gasteiger partial charge >= 0.3 is 0 Å². The second-order valence-corrected chi connectivity index (χ2v) is 3.28. The van der Waals surface area contributed by atoms with E-state index >= 15 is 0 Å². The van der Waals surface area contributed by atoms with Gasteiger partial charge < -0.3 is 30.6 Å². The maximum absolute atomic E-state index is 9.47. The molecule has 0 fully saturated rings. The molecule has 6 N–H and O–H groups in total. The maximum atomic E-state index is 9.47. The van der Waals surface area contributed by atoms with Crippen molar-refractivity contribution in [2.45, 2.75) is 0 Å². The molecule has 6 nitrogen and oxygen atoms in total. The summed E-state index contributed by atoms with van der Waals surface area (Å²) < 4.78 is 0. The molecule has 0 amide bonds. The highest BCUT2D eigenvalue weighted by molar-refractivity contribution is 6.02. The highest BCUT2D eigenvalue weighted by Crippen LogP contribution is 2.51. The standard InChI is InChI=1S/C10H8O6/c11-3-1-4-6(5(12)2-3)8(14)10(16)9(15)7(4)13/h1-2,11-16H. The van der Waals surface area contributed by atoms with E-state index in [-0.39, 0.29) is 16.5 Å². The van der Waals surface area contributed by atoms with Gasteiger partial charge in [0.2, 0.25) is 11.5 Å². The van der Waals surface area contributed by atoms with E-state index in [1.54, 1.807) is 0 Å². The number of phenols is 6. The van der Waals surface area contributed by atoms with Crippen LogP contribution in [-0.4, -0.2) is 30.6 Å². The molecule has 0 heterocycles. The Morgan fingerprint density at radius 2 is 1.19 bits per heavy atom. The van der Waals surface area contributed by atoms with E-state index in [0.29, 0.717) is 0 Å². The van der Waals surface area contributed by atoms with Crippen LogP contribution in [0.3, 0.4) is 0 Å². The van der Waals surface area contributed by atoms with Gasteiger partial charge in [-0.15, -0.1) is 0 Å². The molecule has 6 heteroatoms. The fraction of sp³-hybridized carbons (Fsp3) is 0. The third-order valence-electron chi connectivity index (χ3n) is 2.27. The van der Waals surface area contributed by atoms with Gasteiger partial charge in [0.15, 0.2) is 11.5 Å². The largest absolute Gasteiger partial charge is 0.508 e. The maximum Gasteiger partial charge on any atom is 0.205 e. The molecule has 0 radical (unpaired) electrons. The summed E-state index contributed by atoms with van der Waals surface area (Å²) >= 11 is 0. The predicted molar refractivity (Wildman–Crippen MR) is 53.9 cm³/mol. The van der Waals surface area contributed by atoms with Gasteiger partial charge in [0.05, 0.1) is 5.39 Å². The van der Waals surface area contributed by atoms with Crippen LogP contribution >= 0.6 is 0 Å². The molecule has 0 bridgehead atoms. The van der Waals surface area contributed by atoms with Gasteiger partial charge in [-0.3, -0.25) is 0 Å². The van der Waals surface area contributed by atoms with Crippen molar-refractivity contribution in [3.8, 4) is 34.5 Å². The van der Waals surface area contributed by atoms with Crippen LogP contribution < -0.4 is 0 Å². The summed E-state index contributed by atoms with van der Waals surface area (Å²) in [5, 5.41) is 55.6. The number of aromatic hydroxyl groups is 6. The lowest BCUT2D eigenvalue weighted by molar-refractivity contribution is 0.349. The number of fused-ring (bicyclic) bond motifs is 1. The fourth-order valence-electron chi connectivity index (χ4n) is 1.52. The predicted octanol–water partition coefficient (Wildman–Crippen LogP) is 1.07. The quantitative estimate of drug-likeness (QED) is 0.294. The smallest absolute Gasteiger partial charge is 0.205 e. The normalized spacial score (nSPS) is 10.8. The Balaban J connectivity index is 3.08. The minimum atomic E-state index is -0.939. The van der Waals surface area contributed by atoms with Crippen LogP contribution in [0.25, 0.3) is 10.8 Å². The van der Waals surface area contributed by atoms with Crippen molar-refractivity contribution >= 4 is 10.8 Å². The Morgan fingerprint density at radius 1 is 0.625 bits per heavy atom. The van der Waals surface area contributed by atoms with Gasteiger partial charge in [0.25, 0.3) is 0 Å². The molecule has 16 heavy (non-hydrogen) atoms. The van der Waals surface area contributed by atoms with Crippen molar-refractivity contribution in [2.24, 2.45) is 0 Å². The van der Waals surface area contributed by atoms with E-state index in [9.17, 15) is 30.6 Å². The van der Waals surface area contributed by atoms with Gasteiger partial charge in [-0.1, -0.05) is 0 Å². The SMILES string of the molecule is Oc1cc(O)c2c(O)c(O)c(O)c(O)c2c1. The average molecular weight is 224 g/mol. The van der Waals surface area contributed by atoms with E-state index in [2.05, 4.69) is 0 Å². The van der Waals surface area contributed by atoms with Crippen molar-refractivity contribution in [3.63, 3.8) is 0 Å². The first-order valence-corrected chi connectivity index (χ1v) is 4.25. The Kier molecular flexibility index (Phi) is 1.88. The Bertz CT molecular complexity index is 590. The molecule has 0 unspecified atom stereocenters. The zero-order valence-electron chi connectivity index (χ0n) is 7.84. The second-order valence-electron chi connectivity index (χ2n) is 3.28. The van der Waals surface area contributed by atoms with Gasteiger partial charge in [-0.05, 0) is 6.07 Å². The molecule has 2 aromatic rings. The molecule has 84 valence electrons. The molecule has 0 aliphatic carbocycles. The molecule has 0 aliphatic rings. The number of hydrogen-bond acceptors (Lipinski definition) is 6. The number of rotatable bonds is 0. The summed E-state index contributed by atoms with van der Waals surface area (Å²) in [6, 6.07) is 1.96. The lowest BCUT2D eigenvalue weighted by atomic mass is 10.1. The van der Waals surface area contributed by atoms with E-state index in [1.165, 1.54) is 0 Å². The molecule has 2 rings (SSSR count). The van der Waals surface area contributed by atoms with Gasteiger partial charge in [-0.25, -0.2) is 0 Å². The lowest BCUT2D eigenvalue weighted by Crippen LogP contribution is -1.81. The Hall–Kier alpha value is -2.50. The van der Waals surface area contributed by atoms with Gasteiger partial charge in [0, 0.05) is 11.5 Å². The van der Waals surface area contributed by atoms with Crippen molar-refractivity contribution in [3.05, 3.63) is 12.1 Å². The molecular formula is C10H8O6. The monoisotopic (exact) mass is 224 g/mol. The van der Waals surface area contributed by atoms with Gasteiger partial charge in [0.1, 0.15) is 11.5 Å². The number of phenolic OH excluding ortho intramolecular Hbond substituents is 6. The van der Waals surface area contributed by atoms with Crippen LogP contribution in [0.5, 0.6) is 34.5 Å². The Morgan fingerprint density at radius 3 is 1.81 bits per heavy atom. The number of benzene rings is 2. The van der Waals surface area contributed by atoms with Crippen LogP contribution in [0.15, 0.2) is 12.1 Å². The highest BCUT2D eigenvalue weighted by Gasteiger charge is 2.20. The molecule has 0 aromatic heterocycles.